The average molecular weight is 305 g/mol. The third-order valence-corrected chi connectivity index (χ3v) is 6.15. The molecule has 5 rings (SSSR count). The van der Waals surface area contributed by atoms with Crippen LogP contribution in [0.3, 0.4) is 0 Å². The summed E-state index contributed by atoms with van der Waals surface area (Å²) in [5.41, 5.74) is 2.10. The Morgan fingerprint density at radius 1 is 1.40 bits per heavy atom. The number of thiophene rings is 1. The van der Waals surface area contributed by atoms with Crippen LogP contribution >= 0.6 is 22.9 Å². The highest BCUT2D eigenvalue weighted by molar-refractivity contribution is 7.26. The molecule has 3 aromatic heterocycles. The molecular formula is C14H13ClN4S. The maximum Gasteiger partial charge on any atom is 0.142 e. The lowest BCUT2D eigenvalue weighted by atomic mass is 10.2. The van der Waals surface area contributed by atoms with Gasteiger partial charge in [-0.05, 0) is 30.7 Å². The number of hydrogen-bond acceptors (Lipinski definition) is 4. The van der Waals surface area contributed by atoms with E-state index in [9.17, 15) is 0 Å². The third kappa shape index (κ3) is 1.37. The van der Waals surface area contributed by atoms with Gasteiger partial charge in [0.05, 0.1) is 9.72 Å². The molecule has 102 valence electrons. The molecule has 2 fully saturated rings. The van der Waals surface area contributed by atoms with Crippen LogP contribution in [0.1, 0.15) is 12.0 Å². The Balaban J connectivity index is 1.74. The van der Waals surface area contributed by atoms with Crippen molar-refractivity contribution in [2.24, 2.45) is 11.8 Å². The van der Waals surface area contributed by atoms with Gasteiger partial charge in [0, 0.05) is 24.7 Å². The van der Waals surface area contributed by atoms with Gasteiger partial charge in [0.15, 0.2) is 0 Å². The SMILES string of the molecule is Cc1c(Cl)cnc2sc3c(N4CC5CC5C4)[nH]nc3c12. The largest absolute Gasteiger partial charge is 0.355 e. The molecule has 0 spiro atoms. The topological polar surface area (TPSA) is 44.8 Å². The predicted octanol–water partition coefficient (Wildman–Crippen LogP) is 3.59. The number of anilines is 1. The summed E-state index contributed by atoms with van der Waals surface area (Å²) < 4.78 is 1.22. The first kappa shape index (κ1) is 11.3. The van der Waals surface area contributed by atoms with Gasteiger partial charge in [-0.1, -0.05) is 11.6 Å². The predicted molar refractivity (Wildman–Crippen MR) is 82.8 cm³/mol. The van der Waals surface area contributed by atoms with Crippen molar-refractivity contribution in [3.8, 4) is 0 Å². The zero-order valence-electron chi connectivity index (χ0n) is 11.0. The van der Waals surface area contributed by atoms with E-state index in [0.29, 0.717) is 5.02 Å². The number of rotatable bonds is 1. The average Bonchev–Trinajstić information content (AvgIpc) is 2.82. The Morgan fingerprint density at radius 3 is 3.00 bits per heavy atom. The number of halogens is 1. The van der Waals surface area contributed by atoms with E-state index in [4.69, 9.17) is 11.6 Å². The highest BCUT2D eigenvalue weighted by atomic mass is 35.5. The van der Waals surface area contributed by atoms with Gasteiger partial charge in [-0.15, -0.1) is 11.3 Å². The smallest absolute Gasteiger partial charge is 0.142 e. The molecule has 6 heteroatoms. The fourth-order valence-electron chi connectivity index (χ4n) is 3.39. The second-order valence-electron chi connectivity index (χ2n) is 5.92. The van der Waals surface area contributed by atoms with E-state index in [1.165, 1.54) is 30.0 Å². The summed E-state index contributed by atoms with van der Waals surface area (Å²) in [5, 5.41) is 9.58. The molecule has 3 aromatic rings. The van der Waals surface area contributed by atoms with Crippen molar-refractivity contribution in [1.82, 2.24) is 15.2 Å². The highest BCUT2D eigenvalue weighted by Gasteiger charge is 2.45. The molecule has 1 saturated carbocycles. The summed E-state index contributed by atoms with van der Waals surface area (Å²) in [6.07, 6.45) is 3.15. The quantitative estimate of drug-likeness (QED) is 0.747. The third-order valence-electron chi connectivity index (χ3n) is 4.68. The van der Waals surface area contributed by atoms with Crippen LogP contribution in [0.2, 0.25) is 5.02 Å². The van der Waals surface area contributed by atoms with Gasteiger partial charge in [0.1, 0.15) is 16.2 Å². The number of nitrogens with zero attached hydrogens (tertiary/aromatic N) is 3. The summed E-state index contributed by atoms with van der Waals surface area (Å²) in [7, 11) is 0. The molecule has 4 heterocycles. The van der Waals surface area contributed by atoms with E-state index < -0.39 is 0 Å². The molecule has 2 unspecified atom stereocenters. The van der Waals surface area contributed by atoms with Gasteiger partial charge in [-0.3, -0.25) is 5.10 Å². The minimum atomic E-state index is 0.712. The summed E-state index contributed by atoms with van der Waals surface area (Å²) in [5.74, 6) is 3.00. The van der Waals surface area contributed by atoms with Gasteiger partial charge in [0.2, 0.25) is 0 Å². The fourth-order valence-corrected chi connectivity index (χ4v) is 4.70. The Labute approximate surface area is 124 Å². The van der Waals surface area contributed by atoms with Crippen LogP contribution in [0.4, 0.5) is 5.82 Å². The summed E-state index contributed by atoms with van der Waals surface area (Å²) in [6.45, 7) is 4.38. The molecule has 1 N–H and O–H groups in total. The summed E-state index contributed by atoms with van der Waals surface area (Å²) >= 11 is 7.91. The first-order chi connectivity index (χ1) is 9.72. The van der Waals surface area contributed by atoms with Gasteiger partial charge >= 0.3 is 0 Å². The monoisotopic (exact) mass is 304 g/mol. The highest BCUT2D eigenvalue weighted by Crippen LogP contribution is 2.48. The fraction of sp³-hybridized carbons (Fsp3) is 0.429. The normalized spacial score (nSPS) is 24.8. The van der Waals surface area contributed by atoms with E-state index >= 15 is 0 Å². The Morgan fingerprint density at radius 2 is 2.20 bits per heavy atom. The molecule has 20 heavy (non-hydrogen) atoms. The van der Waals surface area contributed by atoms with E-state index in [1.54, 1.807) is 17.5 Å². The van der Waals surface area contributed by atoms with Crippen molar-refractivity contribution in [3.63, 3.8) is 0 Å². The second kappa shape index (κ2) is 3.65. The number of aromatic amines is 1. The number of fused-ring (bicyclic) bond motifs is 4. The second-order valence-corrected chi connectivity index (χ2v) is 7.33. The molecule has 0 amide bonds. The lowest BCUT2D eigenvalue weighted by Crippen LogP contribution is -2.22. The zero-order valence-corrected chi connectivity index (χ0v) is 12.6. The Hall–Kier alpha value is -1.33. The van der Waals surface area contributed by atoms with Crippen molar-refractivity contribution in [3.05, 3.63) is 16.8 Å². The van der Waals surface area contributed by atoms with E-state index in [-0.39, 0.29) is 0 Å². The molecule has 0 aromatic carbocycles. The molecule has 0 radical (unpaired) electrons. The molecule has 1 aliphatic heterocycles. The van der Waals surface area contributed by atoms with Crippen LogP contribution in [0.25, 0.3) is 20.4 Å². The number of H-pyrrole nitrogens is 1. The Bertz CT molecular complexity index is 842. The number of hydrogen-bond donors (Lipinski definition) is 1. The van der Waals surface area contributed by atoms with Crippen molar-refractivity contribution in [2.75, 3.05) is 18.0 Å². The first-order valence-electron chi connectivity index (χ1n) is 6.89. The zero-order chi connectivity index (χ0) is 13.4. The molecule has 1 aliphatic carbocycles. The molecule has 2 aliphatic rings. The van der Waals surface area contributed by atoms with Gasteiger partial charge in [-0.25, -0.2) is 4.98 Å². The maximum absolute atomic E-state index is 6.20. The number of pyridine rings is 1. The van der Waals surface area contributed by atoms with Crippen LogP contribution in [-0.2, 0) is 0 Å². The van der Waals surface area contributed by atoms with E-state index in [0.717, 1.165) is 33.1 Å². The lowest BCUT2D eigenvalue weighted by molar-refractivity contribution is 0.804. The number of nitrogens with one attached hydrogen (secondary N) is 1. The van der Waals surface area contributed by atoms with Gasteiger partial charge < -0.3 is 4.90 Å². The van der Waals surface area contributed by atoms with Crippen molar-refractivity contribution in [2.45, 2.75) is 13.3 Å². The lowest BCUT2D eigenvalue weighted by Gasteiger charge is -2.17. The number of piperidine rings is 1. The molecule has 2 atom stereocenters. The summed E-state index contributed by atoms with van der Waals surface area (Å²) in [4.78, 5) is 7.93. The van der Waals surface area contributed by atoms with Gasteiger partial charge in [0.25, 0.3) is 0 Å². The van der Waals surface area contributed by atoms with E-state index in [2.05, 4.69) is 20.1 Å². The van der Waals surface area contributed by atoms with Crippen LogP contribution in [0.15, 0.2) is 6.20 Å². The standard InChI is InChI=1S/C14H13ClN4S/c1-6-9(15)3-16-14-10(6)11-12(20-14)13(18-17-11)19-4-7-2-8(7)5-19/h3,7-8H,2,4-5H2,1H3,(H,17,18). The van der Waals surface area contributed by atoms with Crippen LogP contribution in [0, 0.1) is 18.8 Å². The Kier molecular flexibility index (Phi) is 2.07. The number of aryl methyl sites for hydroxylation is 1. The van der Waals surface area contributed by atoms with Crippen LogP contribution in [-0.4, -0.2) is 28.3 Å². The first-order valence-corrected chi connectivity index (χ1v) is 8.08. The van der Waals surface area contributed by atoms with Crippen LogP contribution in [0.5, 0.6) is 0 Å². The van der Waals surface area contributed by atoms with E-state index in [1.807, 2.05) is 6.92 Å². The number of aromatic nitrogens is 3. The molecule has 1 saturated heterocycles. The van der Waals surface area contributed by atoms with Crippen molar-refractivity contribution < 1.29 is 0 Å². The van der Waals surface area contributed by atoms with Gasteiger partial charge in [-0.2, -0.15) is 5.10 Å². The van der Waals surface area contributed by atoms with Crippen LogP contribution < -0.4 is 4.90 Å². The van der Waals surface area contributed by atoms with Crippen molar-refractivity contribution >= 4 is 49.2 Å². The minimum absolute atomic E-state index is 0.712. The summed E-state index contributed by atoms with van der Waals surface area (Å²) in [6, 6.07) is 0. The van der Waals surface area contributed by atoms with Crippen molar-refractivity contribution in [1.29, 1.82) is 0 Å². The minimum Gasteiger partial charge on any atom is -0.355 e. The molecule has 4 nitrogen and oxygen atoms in total. The molecular weight excluding hydrogens is 292 g/mol. The maximum atomic E-state index is 6.20. The molecule has 0 bridgehead atoms.